The SMILES string of the molecule is Cc1ccc(C(=O)C(C)S(=O)(=O)CCC(C)C)cc1. The maximum absolute atomic E-state index is 12.2. The maximum Gasteiger partial charge on any atom is 0.180 e. The van der Waals surface area contributed by atoms with Gasteiger partial charge in [0.15, 0.2) is 15.6 Å². The van der Waals surface area contributed by atoms with Crippen LogP contribution in [0.1, 0.15) is 43.1 Å². The summed E-state index contributed by atoms with van der Waals surface area (Å²) in [5, 5.41) is -0.964. The number of ketones is 1. The second-order valence-electron chi connectivity index (χ2n) is 5.42. The van der Waals surface area contributed by atoms with Crippen LogP contribution in [-0.4, -0.2) is 25.2 Å². The Bertz CT molecular complexity index is 527. The molecule has 3 nitrogen and oxygen atoms in total. The molecule has 0 heterocycles. The highest BCUT2D eigenvalue weighted by atomic mass is 32.2. The van der Waals surface area contributed by atoms with Crippen LogP contribution in [0.4, 0.5) is 0 Å². The molecule has 0 fully saturated rings. The summed E-state index contributed by atoms with van der Waals surface area (Å²) in [5.74, 6) is 0.0730. The summed E-state index contributed by atoms with van der Waals surface area (Å²) < 4.78 is 24.2. The summed E-state index contributed by atoms with van der Waals surface area (Å²) in [6.45, 7) is 7.36. The first-order chi connectivity index (χ1) is 8.74. The normalized spacial score (nSPS) is 13.5. The predicted octanol–water partition coefficient (Wildman–Crippen LogP) is 3.03. The molecule has 0 saturated heterocycles. The molecule has 0 aliphatic heterocycles. The fourth-order valence-corrected chi connectivity index (χ4v) is 3.31. The van der Waals surface area contributed by atoms with Crippen molar-refractivity contribution in [2.45, 2.75) is 39.4 Å². The minimum Gasteiger partial charge on any atom is -0.293 e. The van der Waals surface area contributed by atoms with Crippen molar-refractivity contribution in [2.24, 2.45) is 5.92 Å². The molecule has 0 aliphatic rings. The van der Waals surface area contributed by atoms with E-state index in [1.807, 2.05) is 32.9 Å². The number of benzene rings is 1. The highest BCUT2D eigenvalue weighted by Crippen LogP contribution is 2.14. The van der Waals surface area contributed by atoms with Crippen LogP contribution in [0, 0.1) is 12.8 Å². The third-order valence-corrected chi connectivity index (χ3v) is 5.32. The third kappa shape index (κ3) is 4.46. The molecule has 1 atom stereocenters. The third-order valence-electron chi connectivity index (χ3n) is 3.22. The van der Waals surface area contributed by atoms with Gasteiger partial charge in [0.2, 0.25) is 0 Å². The summed E-state index contributed by atoms with van der Waals surface area (Å²) in [6.07, 6.45) is 0.591. The molecule has 0 amide bonds. The van der Waals surface area contributed by atoms with Gasteiger partial charge in [0.05, 0.1) is 5.75 Å². The van der Waals surface area contributed by atoms with Gasteiger partial charge in [0, 0.05) is 5.56 Å². The average Bonchev–Trinajstić information content (AvgIpc) is 2.35. The number of aryl methyl sites for hydroxylation is 1. The number of rotatable bonds is 6. The van der Waals surface area contributed by atoms with Gasteiger partial charge in [-0.25, -0.2) is 8.42 Å². The Morgan fingerprint density at radius 3 is 2.11 bits per heavy atom. The van der Waals surface area contributed by atoms with Crippen molar-refractivity contribution < 1.29 is 13.2 Å². The van der Waals surface area contributed by atoms with E-state index in [1.165, 1.54) is 6.92 Å². The predicted molar refractivity (Wildman–Crippen MR) is 78.2 cm³/mol. The van der Waals surface area contributed by atoms with Crippen LogP contribution in [-0.2, 0) is 9.84 Å². The van der Waals surface area contributed by atoms with Crippen LogP contribution >= 0.6 is 0 Å². The Kier molecular flexibility index (Phi) is 5.29. The van der Waals surface area contributed by atoms with Crippen molar-refractivity contribution in [1.29, 1.82) is 0 Å². The van der Waals surface area contributed by atoms with E-state index in [0.29, 0.717) is 17.9 Å². The van der Waals surface area contributed by atoms with Crippen LogP contribution in [0.3, 0.4) is 0 Å². The summed E-state index contributed by atoms with van der Waals surface area (Å²) in [5.41, 5.74) is 1.51. The maximum atomic E-state index is 12.2. The van der Waals surface area contributed by atoms with Crippen molar-refractivity contribution in [3.8, 4) is 0 Å². The van der Waals surface area contributed by atoms with Gasteiger partial charge in [-0.2, -0.15) is 0 Å². The zero-order valence-electron chi connectivity index (χ0n) is 12.0. The zero-order chi connectivity index (χ0) is 14.6. The molecule has 1 aromatic rings. The average molecular weight is 282 g/mol. The van der Waals surface area contributed by atoms with Crippen LogP contribution in [0.5, 0.6) is 0 Å². The topological polar surface area (TPSA) is 51.2 Å². The van der Waals surface area contributed by atoms with Gasteiger partial charge < -0.3 is 0 Å². The van der Waals surface area contributed by atoms with Crippen LogP contribution in [0.15, 0.2) is 24.3 Å². The Labute approximate surface area is 116 Å². The second kappa shape index (κ2) is 6.33. The van der Waals surface area contributed by atoms with Crippen LogP contribution in [0.25, 0.3) is 0 Å². The number of carbonyl (C=O) groups excluding carboxylic acids is 1. The van der Waals surface area contributed by atoms with E-state index >= 15 is 0 Å². The van der Waals surface area contributed by atoms with E-state index in [2.05, 4.69) is 0 Å². The largest absolute Gasteiger partial charge is 0.293 e. The standard InChI is InChI=1S/C15H22O3S/c1-11(2)9-10-19(17,18)13(4)15(16)14-7-5-12(3)6-8-14/h5-8,11,13H,9-10H2,1-4H3. The van der Waals surface area contributed by atoms with Crippen LogP contribution in [0.2, 0.25) is 0 Å². The van der Waals surface area contributed by atoms with Crippen molar-refractivity contribution in [2.75, 3.05) is 5.75 Å². The summed E-state index contributed by atoms with van der Waals surface area (Å²) >= 11 is 0. The Hall–Kier alpha value is -1.16. The molecule has 0 N–H and O–H groups in total. The number of hydrogen-bond acceptors (Lipinski definition) is 3. The molecule has 1 unspecified atom stereocenters. The lowest BCUT2D eigenvalue weighted by molar-refractivity contribution is 0.0991. The fourth-order valence-electron chi connectivity index (χ4n) is 1.69. The molecule has 1 rings (SSSR count). The number of Topliss-reactive ketones (excluding diaryl/α,β-unsaturated/α-hetero) is 1. The van der Waals surface area contributed by atoms with Gasteiger partial charge in [0.1, 0.15) is 5.25 Å². The first-order valence-electron chi connectivity index (χ1n) is 6.56. The lowest BCUT2D eigenvalue weighted by Crippen LogP contribution is -2.30. The summed E-state index contributed by atoms with van der Waals surface area (Å²) in [4.78, 5) is 12.2. The molecule has 19 heavy (non-hydrogen) atoms. The molecular formula is C15H22O3S. The van der Waals surface area contributed by atoms with E-state index in [-0.39, 0.29) is 11.5 Å². The summed E-state index contributed by atoms with van der Waals surface area (Å²) in [6, 6.07) is 7.01. The Balaban J connectivity index is 2.84. The second-order valence-corrected chi connectivity index (χ2v) is 7.86. The van der Waals surface area contributed by atoms with Crippen molar-refractivity contribution in [3.63, 3.8) is 0 Å². The van der Waals surface area contributed by atoms with E-state index < -0.39 is 15.1 Å². The number of sulfone groups is 1. The monoisotopic (exact) mass is 282 g/mol. The molecule has 0 saturated carbocycles. The zero-order valence-corrected chi connectivity index (χ0v) is 12.8. The number of hydrogen-bond donors (Lipinski definition) is 0. The van der Waals surface area contributed by atoms with Crippen molar-refractivity contribution in [3.05, 3.63) is 35.4 Å². The van der Waals surface area contributed by atoms with E-state index in [4.69, 9.17) is 0 Å². The minimum atomic E-state index is -3.36. The fraction of sp³-hybridized carbons (Fsp3) is 0.533. The molecule has 0 aliphatic carbocycles. The molecule has 1 aromatic carbocycles. The Morgan fingerprint density at radius 1 is 1.11 bits per heavy atom. The summed E-state index contributed by atoms with van der Waals surface area (Å²) in [7, 11) is -3.36. The van der Waals surface area contributed by atoms with Gasteiger partial charge in [-0.1, -0.05) is 43.7 Å². The minimum absolute atomic E-state index is 0.0729. The Morgan fingerprint density at radius 2 is 1.63 bits per heavy atom. The quantitative estimate of drug-likeness (QED) is 0.754. The lowest BCUT2D eigenvalue weighted by Gasteiger charge is -2.13. The first kappa shape index (κ1) is 15.9. The molecule has 0 aromatic heterocycles. The highest BCUT2D eigenvalue weighted by Gasteiger charge is 2.28. The van der Waals surface area contributed by atoms with E-state index in [9.17, 15) is 13.2 Å². The van der Waals surface area contributed by atoms with Gasteiger partial charge in [-0.05, 0) is 26.2 Å². The van der Waals surface area contributed by atoms with Gasteiger partial charge >= 0.3 is 0 Å². The van der Waals surface area contributed by atoms with Crippen molar-refractivity contribution >= 4 is 15.6 Å². The molecule has 0 spiro atoms. The van der Waals surface area contributed by atoms with Crippen LogP contribution < -0.4 is 0 Å². The van der Waals surface area contributed by atoms with Gasteiger partial charge in [-0.3, -0.25) is 4.79 Å². The first-order valence-corrected chi connectivity index (χ1v) is 8.28. The van der Waals surface area contributed by atoms with Gasteiger partial charge in [-0.15, -0.1) is 0 Å². The molecule has 0 bridgehead atoms. The molecular weight excluding hydrogens is 260 g/mol. The van der Waals surface area contributed by atoms with E-state index in [1.54, 1.807) is 12.1 Å². The highest BCUT2D eigenvalue weighted by molar-refractivity contribution is 7.92. The van der Waals surface area contributed by atoms with Crippen molar-refractivity contribution in [1.82, 2.24) is 0 Å². The smallest absolute Gasteiger partial charge is 0.180 e. The lowest BCUT2D eigenvalue weighted by atomic mass is 10.1. The van der Waals surface area contributed by atoms with Gasteiger partial charge in [0.25, 0.3) is 0 Å². The molecule has 106 valence electrons. The number of carbonyl (C=O) groups is 1. The molecule has 0 radical (unpaired) electrons. The van der Waals surface area contributed by atoms with E-state index in [0.717, 1.165) is 5.56 Å². The molecule has 4 heteroatoms.